The summed E-state index contributed by atoms with van der Waals surface area (Å²) in [6.07, 6.45) is -0.796. The van der Waals surface area contributed by atoms with E-state index >= 15 is 0 Å². The van der Waals surface area contributed by atoms with Crippen LogP contribution < -0.4 is 14.8 Å². The first kappa shape index (κ1) is 25.9. The third kappa shape index (κ3) is 6.15. The van der Waals surface area contributed by atoms with Crippen LogP contribution in [0.15, 0.2) is 46.9 Å². The molecule has 0 spiro atoms. The molecule has 1 N–H and O–H groups in total. The molecule has 37 heavy (non-hydrogen) atoms. The summed E-state index contributed by atoms with van der Waals surface area (Å²) in [6.45, 7) is 8.02. The molecule has 3 heterocycles. The predicted molar refractivity (Wildman–Crippen MR) is 140 cm³/mol. The molecular weight excluding hydrogens is 472 g/mol. The lowest BCUT2D eigenvalue weighted by atomic mass is 10.1. The van der Waals surface area contributed by atoms with Crippen LogP contribution in [0.1, 0.15) is 29.6 Å². The Kier molecular flexibility index (Phi) is 7.58. The van der Waals surface area contributed by atoms with Crippen LogP contribution in [0.3, 0.4) is 0 Å². The minimum atomic E-state index is -0.796. The van der Waals surface area contributed by atoms with E-state index in [1.165, 1.54) is 0 Å². The second kappa shape index (κ2) is 10.8. The number of carbonyl (C=O) groups is 1. The van der Waals surface area contributed by atoms with E-state index in [-0.39, 0.29) is 5.91 Å². The zero-order valence-electron chi connectivity index (χ0n) is 22.2. The van der Waals surface area contributed by atoms with Crippen molar-refractivity contribution in [2.75, 3.05) is 26.5 Å². The maximum Gasteiger partial charge on any atom is 0.266 e. The van der Waals surface area contributed by atoms with Gasteiger partial charge in [-0.1, -0.05) is 0 Å². The summed E-state index contributed by atoms with van der Waals surface area (Å²) >= 11 is 0. The van der Waals surface area contributed by atoms with E-state index in [0.29, 0.717) is 35.5 Å². The number of nitrogens with one attached hydrogen (secondary N) is 1. The van der Waals surface area contributed by atoms with Crippen molar-refractivity contribution >= 4 is 11.7 Å². The minimum absolute atomic E-state index is 0.310. The molecule has 1 atom stereocenters. The monoisotopic (exact) mass is 504 g/mol. The fourth-order valence-electron chi connectivity index (χ4n) is 3.87. The second-order valence-corrected chi connectivity index (χ2v) is 9.14. The van der Waals surface area contributed by atoms with Crippen molar-refractivity contribution in [2.45, 2.75) is 40.3 Å². The topological polar surface area (TPSA) is 108 Å². The average molecular weight is 505 g/mol. The summed E-state index contributed by atoms with van der Waals surface area (Å²) in [5.41, 5.74) is 2.67. The van der Waals surface area contributed by atoms with Crippen molar-refractivity contribution in [1.29, 1.82) is 0 Å². The third-order valence-corrected chi connectivity index (χ3v) is 5.58. The van der Waals surface area contributed by atoms with Gasteiger partial charge < -0.3 is 24.1 Å². The first-order valence-electron chi connectivity index (χ1n) is 11.9. The molecule has 0 bridgehead atoms. The average Bonchev–Trinajstić information content (AvgIpc) is 3.43. The number of methoxy groups -OCH3 is 1. The van der Waals surface area contributed by atoms with Gasteiger partial charge in [-0.3, -0.25) is 4.79 Å². The molecule has 1 unspecified atom stereocenters. The van der Waals surface area contributed by atoms with Crippen molar-refractivity contribution in [3.63, 3.8) is 0 Å². The van der Waals surface area contributed by atoms with E-state index in [4.69, 9.17) is 13.9 Å². The first-order valence-corrected chi connectivity index (χ1v) is 11.9. The van der Waals surface area contributed by atoms with E-state index < -0.39 is 6.10 Å². The Balaban J connectivity index is 1.61. The quantitative estimate of drug-likeness (QED) is 0.359. The van der Waals surface area contributed by atoms with E-state index in [1.54, 1.807) is 30.8 Å². The number of nitrogens with zero attached hydrogens (tertiary/aromatic N) is 5. The number of amides is 1. The molecular formula is C27H32N6O4. The highest BCUT2D eigenvalue weighted by Crippen LogP contribution is 2.27. The van der Waals surface area contributed by atoms with Gasteiger partial charge in [0.25, 0.3) is 5.91 Å². The molecule has 4 aromatic rings. The highest BCUT2D eigenvalue weighted by molar-refractivity contribution is 5.93. The van der Waals surface area contributed by atoms with Crippen LogP contribution in [0, 0.1) is 20.8 Å². The maximum absolute atomic E-state index is 13.2. The maximum atomic E-state index is 13.2. The van der Waals surface area contributed by atoms with Crippen molar-refractivity contribution in [1.82, 2.24) is 24.6 Å². The molecule has 0 aliphatic carbocycles. The number of ether oxygens (including phenoxy) is 2. The highest BCUT2D eigenvalue weighted by Gasteiger charge is 2.20. The first-order chi connectivity index (χ1) is 17.6. The summed E-state index contributed by atoms with van der Waals surface area (Å²) in [6, 6.07) is 12.8. The number of hydrogen-bond acceptors (Lipinski definition) is 8. The molecule has 0 saturated carbocycles. The number of anilines is 1. The second-order valence-electron chi connectivity index (χ2n) is 9.14. The zero-order chi connectivity index (χ0) is 26.7. The molecule has 1 aromatic carbocycles. The molecule has 4 rings (SSSR count). The number of aromatic nitrogens is 4. The van der Waals surface area contributed by atoms with Crippen molar-refractivity contribution < 1.29 is 18.7 Å². The summed E-state index contributed by atoms with van der Waals surface area (Å²) in [5, 5.41) is 7.39. The molecule has 3 aromatic heterocycles. The van der Waals surface area contributed by atoms with Crippen LogP contribution in [-0.2, 0) is 11.3 Å². The largest absolute Gasteiger partial charge is 0.497 e. The fraction of sp³-hybridized carbons (Fsp3) is 0.333. The lowest BCUT2D eigenvalue weighted by Crippen LogP contribution is -2.31. The minimum Gasteiger partial charge on any atom is -0.497 e. The Morgan fingerprint density at radius 1 is 1.11 bits per heavy atom. The zero-order valence-corrected chi connectivity index (χ0v) is 22.2. The Bertz CT molecular complexity index is 1410. The van der Waals surface area contributed by atoms with Crippen molar-refractivity contribution in [2.24, 2.45) is 0 Å². The number of benzene rings is 1. The van der Waals surface area contributed by atoms with Crippen LogP contribution in [0.25, 0.3) is 17.4 Å². The van der Waals surface area contributed by atoms with E-state index in [1.807, 2.05) is 70.1 Å². The molecule has 0 radical (unpaired) electrons. The molecule has 10 heteroatoms. The van der Waals surface area contributed by atoms with Gasteiger partial charge in [-0.25, -0.2) is 14.6 Å². The number of furan rings is 1. The summed E-state index contributed by atoms with van der Waals surface area (Å²) in [7, 11) is 5.55. The Morgan fingerprint density at radius 3 is 2.51 bits per heavy atom. The van der Waals surface area contributed by atoms with Crippen LogP contribution in [0.5, 0.6) is 11.5 Å². The number of carbonyl (C=O) groups excluding carboxylic acids is 1. The van der Waals surface area contributed by atoms with Crippen molar-refractivity contribution in [3.8, 4) is 28.9 Å². The lowest BCUT2D eigenvalue weighted by molar-refractivity contribution is -0.122. The summed E-state index contributed by atoms with van der Waals surface area (Å²) < 4.78 is 18.9. The van der Waals surface area contributed by atoms with Gasteiger partial charge in [-0.05, 0) is 78.2 Å². The summed E-state index contributed by atoms with van der Waals surface area (Å²) in [5.74, 6) is 3.36. The van der Waals surface area contributed by atoms with E-state index in [2.05, 4.69) is 20.4 Å². The Hall–Kier alpha value is -4.18. The molecule has 10 nitrogen and oxygen atoms in total. The molecule has 0 aliphatic rings. The predicted octanol–water partition coefficient (Wildman–Crippen LogP) is 4.32. The van der Waals surface area contributed by atoms with Crippen LogP contribution in [0.2, 0.25) is 0 Å². The number of hydrogen-bond donors (Lipinski definition) is 1. The molecule has 0 saturated heterocycles. The molecule has 0 aliphatic heterocycles. The van der Waals surface area contributed by atoms with Gasteiger partial charge in [0.2, 0.25) is 0 Å². The van der Waals surface area contributed by atoms with Gasteiger partial charge in [-0.15, -0.1) is 0 Å². The smallest absolute Gasteiger partial charge is 0.266 e. The fourth-order valence-corrected chi connectivity index (χ4v) is 3.87. The SMILES string of the molecule is COc1ccc(OC(C)C(=O)Nc2cc(-n3nc(C)cc3C)nc(-c3ccc(C)o3)n2)c(CN(C)C)c1. The van der Waals surface area contributed by atoms with Crippen LogP contribution in [-0.4, -0.2) is 57.9 Å². The van der Waals surface area contributed by atoms with Gasteiger partial charge >= 0.3 is 0 Å². The van der Waals surface area contributed by atoms with Crippen LogP contribution >= 0.6 is 0 Å². The summed E-state index contributed by atoms with van der Waals surface area (Å²) in [4.78, 5) is 24.4. The Morgan fingerprint density at radius 2 is 1.89 bits per heavy atom. The number of aryl methyl sites for hydroxylation is 3. The highest BCUT2D eigenvalue weighted by atomic mass is 16.5. The Labute approximate surface area is 216 Å². The van der Waals surface area contributed by atoms with Gasteiger partial charge in [0, 0.05) is 23.9 Å². The standard InChI is InChI=1S/C27H32N6O4/c1-16-12-17(2)33(31-16)25-14-24(28-26(30-25)23-10-8-18(3)36-23)29-27(34)19(4)37-22-11-9-21(35-7)13-20(22)15-32(5)6/h8-14,19H,15H2,1-7H3,(H,28,29,30,34). The normalized spacial score (nSPS) is 12.0. The van der Waals surface area contributed by atoms with Gasteiger partial charge in [0.15, 0.2) is 23.5 Å². The third-order valence-electron chi connectivity index (χ3n) is 5.58. The van der Waals surface area contributed by atoms with Gasteiger partial charge in [0.05, 0.1) is 12.8 Å². The molecule has 1 amide bonds. The van der Waals surface area contributed by atoms with Crippen molar-refractivity contribution in [3.05, 3.63) is 65.2 Å². The van der Waals surface area contributed by atoms with E-state index in [9.17, 15) is 4.79 Å². The molecule has 0 fully saturated rings. The van der Waals surface area contributed by atoms with Gasteiger partial charge in [-0.2, -0.15) is 5.10 Å². The lowest BCUT2D eigenvalue weighted by Gasteiger charge is -2.19. The van der Waals surface area contributed by atoms with Gasteiger partial charge in [0.1, 0.15) is 23.1 Å². The van der Waals surface area contributed by atoms with E-state index in [0.717, 1.165) is 28.5 Å². The number of rotatable bonds is 9. The van der Waals surface area contributed by atoms with Crippen LogP contribution in [0.4, 0.5) is 5.82 Å². The molecule has 194 valence electrons.